The van der Waals surface area contributed by atoms with Crippen molar-refractivity contribution in [3.8, 4) is 11.1 Å². The van der Waals surface area contributed by atoms with E-state index in [0.717, 1.165) is 16.7 Å². The monoisotopic (exact) mass is 564 g/mol. The number of carbonyl (C=O) groups excluding carboxylic acids is 2. The standard InChI is InChI=1S/C35H36N2O5/c1-26-15-17-27(18-16-26)19-21-36(22-20-33(39)40)34(41)31-13-7-5-11-29(31)30-12-6-8-14-32(30)35(42)37(23-24-38)25-28-9-3-2-4-10-28/h2-18,38H,19-25H2,1H3,(H,39,40). The molecule has 0 saturated heterocycles. The largest absolute Gasteiger partial charge is 0.481 e. The molecule has 42 heavy (non-hydrogen) atoms. The van der Waals surface area contributed by atoms with Gasteiger partial charge < -0.3 is 20.0 Å². The number of aryl methyl sites for hydroxylation is 1. The van der Waals surface area contributed by atoms with Gasteiger partial charge in [-0.15, -0.1) is 0 Å². The minimum absolute atomic E-state index is 0.0658. The van der Waals surface area contributed by atoms with E-state index in [1.54, 1.807) is 34.1 Å². The molecule has 7 nitrogen and oxygen atoms in total. The molecule has 0 fully saturated rings. The number of nitrogens with zero attached hydrogens (tertiary/aromatic N) is 2. The fourth-order valence-corrected chi connectivity index (χ4v) is 4.89. The maximum absolute atomic E-state index is 14.0. The topological polar surface area (TPSA) is 98.2 Å². The summed E-state index contributed by atoms with van der Waals surface area (Å²) in [5.41, 5.74) is 5.13. The van der Waals surface area contributed by atoms with Crippen LogP contribution in [0.3, 0.4) is 0 Å². The van der Waals surface area contributed by atoms with Gasteiger partial charge in [0.1, 0.15) is 0 Å². The molecular weight excluding hydrogens is 528 g/mol. The molecule has 0 aliphatic rings. The minimum Gasteiger partial charge on any atom is -0.481 e. The lowest BCUT2D eigenvalue weighted by Crippen LogP contribution is -2.35. The third-order valence-electron chi connectivity index (χ3n) is 7.15. The number of amides is 2. The van der Waals surface area contributed by atoms with Crippen LogP contribution in [0.2, 0.25) is 0 Å². The first-order valence-corrected chi connectivity index (χ1v) is 14.1. The normalized spacial score (nSPS) is 10.7. The number of benzene rings is 4. The number of carbonyl (C=O) groups is 3. The van der Waals surface area contributed by atoms with Crippen LogP contribution in [0.25, 0.3) is 11.1 Å². The first-order valence-electron chi connectivity index (χ1n) is 14.1. The van der Waals surface area contributed by atoms with Crippen LogP contribution in [-0.2, 0) is 17.8 Å². The molecule has 4 rings (SSSR count). The average Bonchev–Trinajstić information content (AvgIpc) is 3.01. The number of carboxylic acid groups (broad SMARTS) is 1. The number of aliphatic carboxylic acids is 1. The highest BCUT2D eigenvalue weighted by Crippen LogP contribution is 2.29. The van der Waals surface area contributed by atoms with Gasteiger partial charge in [0.25, 0.3) is 11.8 Å². The van der Waals surface area contributed by atoms with Gasteiger partial charge in [0.05, 0.1) is 13.0 Å². The molecule has 0 aromatic heterocycles. The summed E-state index contributed by atoms with van der Waals surface area (Å²) in [7, 11) is 0. The maximum Gasteiger partial charge on any atom is 0.305 e. The van der Waals surface area contributed by atoms with Crippen molar-refractivity contribution in [3.05, 3.63) is 131 Å². The average molecular weight is 565 g/mol. The van der Waals surface area contributed by atoms with Crippen LogP contribution in [0.5, 0.6) is 0 Å². The molecule has 2 amide bonds. The van der Waals surface area contributed by atoms with Crippen LogP contribution in [0.1, 0.15) is 43.8 Å². The van der Waals surface area contributed by atoms with Crippen molar-refractivity contribution in [3.63, 3.8) is 0 Å². The van der Waals surface area contributed by atoms with Crippen molar-refractivity contribution in [1.29, 1.82) is 0 Å². The molecule has 4 aromatic rings. The molecule has 0 unspecified atom stereocenters. The van der Waals surface area contributed by atoms with E-state index in [9.17, 15) is 24.6 Å². The van der Waals surface area contributed by atoms with Gasteiger partial charge >= 0.3 is 5.97 Å². The van der Waals surface area contributed by atoms with Crippen LogP contribution in [0.15, 0.2) is 103 Å². The van der Waals surface area contributed by atoms with Gasteiger partial charge in [-0.25, -0.2) is 0 Å². The Balaban J connectivity index is 1.66. The summed E-state index contributed by atoms with van der Waals surface area (Å²) in [4.78, 5) is 42.5. The highest BCUT2D eigenvalue weighted by Gasteiger charge is 2.24. The lowest BCUT2D eigenvalue weighted by Gasteiger charge is -2.25. The second-order valence-electron chi connectivity index (χ2n) is 10.2. The molecule has 0 atom stereocenters. The Morgan fingerprint density at radius 3 is 1.74 bits per heavy atom. The van der Waals surface area contributed by atoms with E-state index in [0.29, 0.717) is 41.8 Å². The van der Waals surface area contributed by atoms with Crippen LogP contribution in [0.4, 0.5) is 0 Å². The number of aliphatic hydroxyl groups is 1. The Morgan fingerprint density at radius 1 is 0.619 bits per heavy atom. The summed E-state index contributed by atoms with van der Waals surface area (Å²) in [5, 5.41) is 19.1. The van der Waals surface area contributed by atoms with Crippen molar-refractivity contribution < 1.29 is 24.6 Å². The lowest BCUT2D eigenvalue weighted by atomic mass is 9.93. The second-order valence-corrected chi connectivity index (χ2v) is 10.2. The van der Waals surface area contributed by atoms with E-state index in [1.165, 1.54) is 0 Å². The Labute approximate surface area is 246 Å². The van der Waals surface area contributed by atoms with Gasteiger partial charge in [-0.1, -0.05) is 96.6 Å². The van der Waals surface area contributed by atoms with Crippen molar-refractivity contribution >= 4 is 17.8 Å². The molecule has 0 aliphatic carbocycles. The van der Waals surface area contributed by atoms with E-state index in [-0.39, 0.29) is 37.9 Å². The molecular formula is C35H36N2O5. The summed E-state index contributed by atoms with van der Waals surface area (Å²) in [6.45, 7) is 2.73. The second kappa shape index (κ2) is 14.8. The van der Waals surface area contributed by atoms with E-state index >= 15 is 0 Å². The van der Waals surface area contributed by atoms with Gasteiger partial charge in [-0.3, -0.25) is 14.4 Å². The lowest BCUT2D eigenvalue weighted by molar-refractivity contribution is -0.137. The molecule has 0 bridgehead atoms. The highest BCUT2D eigenvalue weighted by molar-refractivity contribution is 6.06. The Morgan fingerprint density at radius 2 is 1.17 bits per heavy atom. The third-order valence-corrected chi connectivity index (χ3v) is 7.15. The number of hydrogen-bond acceptors (Lipinski definition) is 4. The molecule has 4 aromatic carbocycles. The number of carboxylic acids is 1. The fraction of sp³-hybridized carbons (Fsp3) is 0.229. The predicted molar refractivity (Wildman–Crippen MR) is 163 cm³/mol. The molecule has 0 heterocycles. The molecule has 216 valence electrons. The zero-order chi connectivity index (χ0) is 29.9. The van der Waals surface area contributed by atoms with Crippen molar-refractivity contribution in [2.45, 2.75) is 26.3 Å². The predicted octanol–water partition coefficient (Wildman–Crippen LogP) is 5.46. The van der Waals surface area contributed by atoms with Gasteiger partial charge in [-0.05, 0) is 47.7 Å². The quantitative estimate of drug-likeness (QED) is 0.225. The third kappa shape index (κ3) is 7.92. The van der Waals surface area contributed by atoms with E-state index in [2.05, 4.69) is 0 Å². The van der Waals surface area contributed by atoms with E-state index < -0.39 is 5.97 Å². The van der Waals surface area contributed by atoms with Crippen molar-refractivity contribution in [2.24, 2.45) is 0 Å². The van der Waals surface area contributed by atoms with Gasteiger partial charge in [0.2, 0.25) is 0 Å². The first kappa shape index (κ1) is 30.2. The van der Waals surface area contributed by atoms with E-state index in [4.69, 9.17) is 0 Å². The Hall–Kier alpha value is -4.75. The Kier molecular flexibility index (Phi) is 10.6. The molecule has 0 radical (unpaired) electrons. The SMILES string of the molecule is Cc1ccc(CCN(CCC(=O)O)C(=O)c2ccccc2-c2ccccc2C(=O)N(CCO)Cc2ccccc2)cc1. The van der Waals surface area contributed by atoms with Crippen LogP contribution in [0, 0.1) is 6.92 Å². The fourth-order valence-electron chi connectivity index (χ4n) is 4.89. The molecule has 0 spiro atoms. The molecule has 0 aliphatic heterocycles. The van der Waals surface area contributed by atoms with E-state index in [1.807, 2.05) is 85.8 Å². The Bertz CT molecular complexity index is 1500. The van der Waals surface area contributed by atoms with Gasteiger partial charge in [0.15, 0.2) is 0 Å². The maximum atomic E-state index is 14.0. The van der Waals surface area contributed by atoms with Crippen LogP contribution in [-0.4, -0.2) is 64.0 Å². The summed E-state index contributed by atoms with van der Waals surface area (Å²) in [5.74, 6) is -1.53. The summed E-state index contributed by atoms with van der Waals surface area (Å²) >= 11 is 0. The number of hydrogen-bond donors (Lipinski definition) is 2. The molecule has 2 N–H and O–H groups in total. The van der Waals surface area contributed by atoms with Crippen LogP contribution >= 0.6 is 0 Å². The minimum atomic E-state index is -0.977. The number of rotatable bonds is 13. The van der Waals surface area contributed by atoms with Gasteiger partial charge in [0, 0.05) is 37.3 Å². The first-order chi connectivity index (χ1) is 20.4. The zero-order valence-electron chi connectivity index (χ0n) is 23.8. The molecule has 7 heteroatoms. The summed E-state index contributed by atoms with van der Waals surface area (Å²) in [6.07, 6.45) is 0.408. The van der Waals surface area contributed by atoms with Crippen molar-refractivity contribution in [2.75, 3.05) is 26.2 Å². The van der Waals surface area contributed by atoms with Gasteiger partial charge in [-0.2, -0.15) is 0 Å². The molecule has 0 saturated carbocycles. The number of aliphatic hydroxyl groups excluding tert-OH is 1. The summed E-state index contributed by atoms with van der Waals surface area (Å²) in [6, 6.07) is 31.9. The van der Waals surface area contributed by atoms with Crippen molar-refractivity contribution in [1.82, 2.24) is 9.80 Å². The zero-order valence-corrected chi connectivity index (χ0v) is 23.8. The highest BCUT2D eigenvalue weighted by atomic mass is 16.4. The van der Waals surface area contributed by atoms with Crippen LogP contribution < -0.4 is 0 Å². The smallest absolute Gasteiger partial charge is 0.305 e. The summed E-state index contributed by atoms with van der Waals surface area (Å²) < 4.78 is 0.